The van der Waals surface area contributed by atoms with Crippen molar-refractivity contribution in [2.45, 2.75) is 19.8 Å². The van der Waals surface area contributed by atoms with E-state index in [1.807, 2.05) is 0 Å². The summed E-state index contributed by atoms with van der Waals surface area (Å²) < 4.78 is 0. The molecule has 0 spiro atoms. The van der Waals surface area contributed by atoms with Gasteiger partial charge in [0.05, 0.1) is 0 Å². The van der Waals surface area contributed by atoms with Gasteiger partial charge >= 0.3 is 0 Å². The Morgan fingerprint density at radius 1 is 1.25 bits per heavy atom. The average molecular weight is 330 g/mol. The van der Waals surface area contributed by atoms with E-state index in [2.05, 4.69) is 6.92 Å². The van der Waals surface area contributed by atoms with Crippen molar-refractivity contribution in [2.24, 2.45) is 5.73 Å². The van der Waals surface area contributed by atoms with Crippen LogP contribution >= 0.6 is 24.8 Å². The summed E-state index contributed by atoms with van der Waals surface area (Å²) in [5, 5.41) is 0. The van der Waals surface area contributed by atoms with E-state index in [1.54, 1.807) is 0 Å². The van der Waals surface area contributed by atoms with Gasteiger partial charge in [0, 0.05) is 21.1 Å². The minimum absolute atomic E-state index is 0. The molecular formula is C4H13Cl2NW. The molecule has 0 saturated heterocycles. The minimum atomic E-state index is 0. The molecule has 54 valence electrons. The van der Waals surface area contributed by atoms with Crippen LogP contribution in [0.3, 0.4) is 0 Å². The Morgan fingerprint density at radius 2 is 1.62 bits per heavy atom. The maximum atomic E-state index is 5.14. The average Bonchev–Trinajstić information content (AvgIpc) is 1.41. The summed E-state index contributed by atoms with van der Waals surface area (Å²) in [5.74, 6) is 0. The molecule has 0 amide bonds. The van der Waals surface area contributed by atoms with Crippen LogP contribution in [0.5, 0.6) is 0 Å². The first-order valence-electron chi connectivity index (χ1n) is 2.12. The van der Waals surface area contributed by atoms with Crippen LogP contribution in [0, 0.1) is 0 Å². The molecule has 2 N–H and O–H groups in total. The molecule has 0 rings (SSSR count). The molecule has 0 aromatic heterocycles. The Morgan fingerprint density at radius 3 is 1.62 bits per heavy atom. The molecule has 0 radical (unpaired) electrons. The summed E-state index contributed by atoms with van der Waals surface area (Å²) in [6, 6.07) is 0. The van der Waals surface area contributed by atoms with Gasteiger partial charge in [-0.15, -0.1) is 24.8 Å². The third-order valence-electron chi connectivity index (χ3n) is 0.558. The van der Waals surface area contributed by atoms with Crippen LogP contribution in [-0.2, 0) is 21.1 Å². The van der Waals surface area contributed by atoms with Gasteiger partial charge in [-0.25, -0.2) is 0 Å². The Kier molecular flexibility index (Phi) is 68.7. The molecule has 0 aliphatic carbocycles. The smallest absolute Gasteiger partial charge is 0 e. The van der Waals surface area contributed by atoms with Gasteiger partial charge in [-0.05, 0) is 13.0 Å². The van der Waals surface area contributed by atoms with Crippen LogP contribution in [0.2, 0.25) is 0 Å². The van der Waals surface area contributed by atoms with Gasteiger partial charge in [0.2, 0.25) is 0 Å². The van der Waals surface area contributed by atoms with E-state index in [0.29, 0.717) is 0 Å². The number of halogens is 2. The molecule has 0 bridgehead atoms. The predicted octanol–water partition coefficient (Wildman–Crippen LogP) is 1.59. The molecule has 0 atom stereocenters. The second-order valence-corrected chi connectivity index (χ2v) is 1.14. The molecule has 0 unspecified atom stereocenters. The van der Waals surface area contributed by atoms with Crippen LogP contribution < -0.4 is 5.73 Å². The first kappa shape index (κ1) is 22.9. The van der Waals surface area contributed by atoms with Crippen molar-refractivity contribution in [3.05, 3.63) is 0 Å². The third kappa shape index (κ3) is 26.9. The van der Waals surface area contributed by atoms with Gasteiger partial charge < -0.3 is 5.73 Å². The van der Waals surface area contributed by atoms with E-state index >= 15 is 0 Å². The van der Waals surface area contributed by atoms with Gasteiger partial charge in [-0.3, -0.25) is 0 Å². The van der Waals surface area contributed by atoms with E-state index < -0.39 is 0 Å². The summed E-state index contributed by atoms with van der Waals surface area (Å²) >= 11 is 0. The van der Waals surface area contributed by atoms with Crippen molar-refractivity contribution in [1.82, 2.24) is 0 Å². The van der Waals surface area contributed by atoms with Gasteiger partial charge in [0.15, 0.2) is 0 Å². The summed E-state index contributed by atoms with van der Waals surface area (Å²) in [7, 11) is 0. The third-order valence-corrected chi connectivity index (χ3v) is 0.558. The fourth-order valence-electron chi connectivity index (χ4n) is 0.204. The largest absolute Gasteiger partial charge is 0.330 e. The fourth-order valence-corrected chi connectivity index (χ4v) is 0.204. The Labute approximate surface area is 77.9 Å². The van der Waals surface area contributed by atoms with Crippen LogP contribution in [-0.4, -0.2) is 6.54 Å². The molecule has 8 heavy (non-hydrogen) atoms. The van der Waals surface area contributed by atoms with Crippen LogP contribution in [0.25, 0.3) is 0 Å². The number of hydrogen-bond donors (Lipinski definition) is 1. The number of rotatable bonds is 2. The zero-order valence-corrected chi connectivity index (χ0v) is 9.49. The molecule has 0 fully saturated rings. The summed E-state index contributed by atoms with van der Waals surface area (Å²) in [6.45, 7) is 2.98. The number of nitrogens with two attached hydrogens (primary N) is 1. The quantitative estimate of drug-likeness (QED) is 0.818. The predicted molar refractivity (Wildman–Crippen MR) is 38.5 cm³/mol. The SMILES string of the molecule is CCCCN.Cl.Cl.[W]. The van der Waals surface area contributed by atoms with Crippen molar-refractivity contribution < 1.29 is 21.1 Å². The Hall–Kier alpha value is 1.23. The van der Waals surface area contributed by atoms with Crippen molar-refractivity contribution >= 4 is 24.8 Å². The number of hydrogen-bond acceptors (Lipinski definition) is 1. The molecule has 0 heterocycles. The number of unbranched alkanes of at least 4 members (excludes halogenated alkanes) is 1. The van der Waals surface area contributed by atoms with E-state index in [1.165, 1.54) is 12.8 Å². The van der Waals surface area contributed by atoms with Crippen LogP contribution in [0.4, 0.5) is 0 Å². The summed E-state index contributed by atoms with van der Waals surface area (Å²) in [4.78, 5) is 0. The maximum absolute atomic E-state index is 5.14. The first-order valence-corrected chi connectivity index (χ1v) is 2.12. The van der Waals surface area contributed by atoms with Crippen molar-refractivity contribution in [3.8, 4) is 0 Å². The van der Waals surface area contributed by atoms with Crippen LogP contribution in [0.15, 0.2) is 0 Å². The molecule has 0 aromatic rings. The zero-order chi connectivity index (χ0) is 4.12. The van der Waals surface area contributed by atoms with Gasteiger partial charge in [-0.2, -0.15) is 0 Å². The molecule has 4 heteroatoms. The second kappa shape index (κ2) is 24.0. The minimum Gasteiger partial charge on any atom is -0.330 e. The topological polar surface area (TPSA) is 26.0 Å². The first-order chi connectivity index (χ1) is 2.41. The van der Waals surface area contributed by atoms with E-state index in [4.69, 9.17) is 5.73 Å². The summed E-state index contributed by atoms with van der Waals surface area (Å²) in [6.07, 6.45) is 2.39. The molecule has 1 nitrogen and oxygen atoms in total. The molecule has 0 aliphatic rings. The van der Waals surface area contributed by atoms with Gasteiger partial charge in [0.25, 0.3) is 0 Å². The fraction of sp³-hybridized carbons (Fsp3) is 1.00. The normalized spacial score (nSPS) is 5.25. The van der Waals surface area contributed by atoms with Crippen molar-refractivity contribution in [2.75, 3.05) is 6.54 Å². The Balaban J connectivity index is -0.0000000267. The van der Waals surface area contributed by atoms with E-state index in [9.17, 15) is 0 Å². The van der Waals surface area contributed by atoms with Crippen LogP contribution in [0.1, 0.15) is 19.8 Å². The Bertz CT molecular complexity index is 21.5. The monoisotopic (exact) mass is 329 g/mol. The van der Waals surface area contributed by atoms with Gasteiger partial charge in [0.1, 0.15) is 0 Å². The molecule has 0 aromatic carbocycles. The second-order valence-electron chi connectivity index (χ2n) is 1.14. The molecule has 0 aliphatic heterocycles. The molecule has 0 saturated carbocycles. The standard InChI is InChI=1S/C4H11N.2ClH.W/c1-2-3-4-5;;;/h2-5H2,1H3;2*1H;. The van der Waals surface area contributed by atoms with E-state index in [-0.39, 0.29) is 45.9 Å². The van der Waals surface area contributed by atoms with Crippen molar-refractivity contribution in [3.63, 3.8) is 0 Å². The van der Waals surface area contributed by atoms with Gasteiger partial charge in [-0.1, -0.05) is 13.3 Å². The molecular weight excluding hydrogens is 317 g/mol. The maximum Gasteiger partial charge on any atom is 0 e. The summed E-state index contributed by atoms with van der Waals surface area (Å²) in [5.41, 5.74) is 5.14. The van der Waals surface area contributed by atoms with Crippen molar-refractivity contribution in [1.29, 1.82) is 0 Å². The zero-order valence-electron chi connectivity index (χ0n) is 4.92. The van der Waals surface area contributed by atoms with E-state index in [0.717, 1.165) is 6.54 Å².